The molecule has 47 heavy (non-hydrogen) atoms. The minimum absolute atomic E-state index is 0.190. The van der Waals surface area contributed by atoms with Gasteiger partial charge < -0.3 is 40.3 Å². The molecule has 0 aliphatic carbocycles. The first-order valence-electron chi connectivity index (χ1n) is 19.1. The standard InChI is InChI=1S/C38H71NO8/c1-3-5-7-9-11-13-14-15-16-17-18-20-22-24-26-28-34(42)39-31(32(41)27-25-23-21-19-12-10-8-6-4-2)30-46-38-37(45)36(44)35(43)33(29-40)47-38/h15-16,25,27,31-33,35-38,40-41,43-45H,3-14,17-24,26,28-30H2,1-2H3,(H,39,42)/b16-15-,27-25+. The highest BCUT2D eigenvalue weighted by atomic mass is 16.7. The molecular weight excluding hydrogens is 598 g/mol. The summed E-state index contributed by atoms with van der Waals surface area (Å²) in [4.78, 5) is 12.8. The fraction of sp³-hybridized carbons (Fsp3) is 0.868. The quantitative estimate of drug-likeness (QED) is 0.0381. The number of amides is 1. The van der Waals surface area contributed by atoms with Gasteiger partial charge in [-0.05, 0) is 44.9 Å². The molecule has 1 saturated heterocycles. The molecule has 0 aromatic rings. The van der Waals surface area contributed by atoms with Gasteiger partial charge in [-0.25, -0.2) is 0 Å². The zero-order valence-corrected chi connectivity index (χ0v) is 29.8. The third-order valence-corrected chi connectivity index (χ3v) is 9.02. The van der Waals surface area contributed by atoms with Crippen molar-refractivity contribution in [2.24, 2.45) is 0 Å². The minimum atomic E-state index is -1.56. The van der Waals surface area contributed by atoms with E-state index in [0.29, 0.717) is 6.42 Å². The average molecular weight is 670 g/mol. The van der Waals surface area contributed by atoms with Crippen molar-refractivity contribution in [2.45, 2.75) is 198 Å². The fourth-order valence-corrected chi connectivity index (χ4v) is 5.85. The summed E-state index contributed by atoms with van der Waals surface area (Å²) in [5.41, 5.74) is 0. The van der Waals surface area contributed by atoms with Crippen LogP contribution in [0.2, 0.25) is 0 Å². The predicted molar refractivity (Wildman–Crippen MR) is 189 cm³/mol. The molecule has 9 heteroatoms. The van der Waals surface area contributed by atoms with Crippen LogP contribution < -0.4 is 5.32 Å². The lowest BCUT2D eigenvalue weighted by molar-refractivity contribution is -0.302. The topological polar surface area (TPSA) is 149 Å². The molecule has 276 valence electrons. The Labute approximate surface area is 286 Å². The highest BCUT2D eigenvalue weighted by molar-refractivity contribution is 5.76. The third-order valence-electron chi connectivity index (χ3n) is 9.02. The van der Waals surface area contributed by atoms with Gasteiger partial charge >= 0.3 is 0 Å². The summed E-state index contributed by atoms with van der Waals surface area (Å²) >= 11 is 0. The Kier molecular flexibility index (Phi) is 27.5. The van der Waals surface area contributed by atoms with Crippen LogP contribution in [0.4, 0.5) is 0 Å². The number of hydrogen-bond acceptors (Lipinski definition) is 8. The molecule has 1 heterocycles. The summed E-state index contributed by atoms with van der Waals surface area (Å²) < 4.78 is 11.1. The van der Waals surface area contributed by atoms with Crippen LogP contribution in [-0.4, -0.2) is 87.5 Å². The van der Waals surface area contributed by atoms with Crippen LogP contribution in [0.25, 0.3) is 0 Å². The predicted octanol–water partition coefficient (Wildman–Crippen LogP) is 6.38. The number of ether oxygens (including phenoxy) is 2. The first-order chi connectivity index (χ1) is 22.8. The molecule has 1 amide bonds. The van der Waals surface area contributed by atoms with Crippen molar-refractivity contribution < 1.29 is 39.8 Å². The Morgan fingerprint density at radius 1 is 0.702 bits per heavy atom. The zero-order chi connectivity index (χ0) is 34.5. The summed E-state index contributed by atoms with van der Waals surface area (Å²) in [5, 5.41) is 53.7. The first kappa shape index (κ1) is 43.7. The van der Waals surface area contributed by atoms with Crippen LogP contribution in [0.5, 0.6) is 0 Å². The van der Waals surface area contributed by atoms with E-state index in [0.717, 1.165) is 57.8 Å². The van der Waals surface area contributed by atoms with Crippen LogP contribution in [0.15, 0.2) is 24.3 Å². The molecule has 9 nitrogen and oxygen atoms in total. The minimum Gasteiger partial charge on any atom is -0.394 e. The molecule has 1 rings (SSSR count). The molecule has 6 N–H and O–H groups in total. The van der Waals surface area contributed by atoms with Gasteiger partial charge in [0, 0.05) is 6.42 Å². The van der Waals surface area contributed by atoms with Gasteiger partial charge in [-0.1, -0.05) is 128 Å². The lowest BCUT2D eigenvalue weighted by Crippen LogP contribution is -2.60. The maximum Gasteiger partial charge on any atom is 0.220 e. The van der Waals surface area contributed by atoms with Gasteiger partial charge in [0.2, 0.25) is 5.91 Å². The summed E-state index contributed by atoms with van der Waals surface area (Å²) in [6, 6.07) is -0.803. The van der Waals surface area contributed by atoms with E-state index in [9.17, 15) is 30.3 Å². The van der Waals surface area contributed by atoms with Gasteiger partial charge in [-0.15, -0.1) is 0 Å². The molecule has 0 aromatic heterocycles. The van der Waals surface area contributed by atoms with Gasteiger partial charge in [-0.2, -0.15) is 0 Å². The molecule has 1 aliphatic rings. The molecule has 1 fully saturated rings. The Morgan fingerprint density at radius 3 is 1.72 bits per heavy atom. The van der Waals surface area contributed by atoms with Gasteiger partial charge in [0.1, 0.15) is 24.4 Å². The highest BCUT2D eigenvalue weighted by Gasteiger charge is 2.44. The SMILES string of the molecule is CCCCCCCC/C=C\CCCCCCCC(=O)NC(COC1OC(CO)C(O)C(O)C1O)C(O)/C=C/CCCCCCCCC. The number of carbonyl (C=O) groups is 1. The smallest absolute Gasteiger partial charge is 0.220 e. The Hall–Kier alpha value is -1.33. The van der Waals surface area contributed by atoms with Crippen LogP contribution in [0, 0.1) is 0 Å². The average Bonchev–Trinajstić information content (AvgIpc) is 3.07. The number of aliphatic hydroxyl groups is 5. The van der Waals surface area contributed by atoms with Gasteiger partial charge in [-0.3, -0.25) is 4.79 Å². The monoisotopic (exact) mass is 670 g/mol. The van der Waals surface area contributed by atoms with Crippen LogP contribution in [0.1, 0.15) is 155 Å². The fourth-order valence-electron chi connectivity index (χ4n) is 5.85. The molecule has 0 aromatic carbocycles. The second-order valence-electron chi connectivity index (χ2n) is 13.4. The number of rotatable bonds is 30. The summed E-state index contributed by atoms with van der Waals surface area (Å²) in [7, 11) is 0. The van der Waals surface area contributed by atoms with E-state index in [-0.39, 0.29) is 12.5 Å². The Bertz CT molecular complexity index is 792. The van der Waals surface area contributed by atoms with Crippen molar-refractivity contribution in [3.05, 3.63) is 24.3 Å². The second-order valence-corrected chi connectivity index (χ2v) is 13.4. The number of aliphatic hydroxyl groups excluding tert-OH is 5. The van der Waals surface area contributed by atoms with Gasteiger partial charge in [0.05, 0.1) is 25.4 Å². The molecule has 0 saturated carbocycles. The van der Waals surface area contributed by atoms with Gasteiger partial charge in [0.15, 0.2) is 6.29 Å². The van der Waals surface area contributed by atoms with E-state index in [4.69, 9.17) is 9.47 Å². The summed E-state index contributed by atoms with van der Waals surface area (Å²) in [5.74, 6) is -0.190. The molecule has 0 bridgehead atoms. The number of allylic oxidation sites excluding steroid dienone is 3. The van der Waals surface area contributed by atoms with Gasteiger partial charge in [0.25, 0.3) is 0 Å². The highest BCUT2D eigenvalue weighted by Crippen LogP contribution is 2.22. The van der Waals surface area contributed by atoms with E-state index in [1.165, 1.54) is 77.0 Å². The largest absolute Gasteiger partial charge is 0.394 e. The first-order valence-corrected chi connectivity index (χ1v) is 19.1. The molecule has 0 radical (unpaired) electrons. The van der Waals surface area contributed by atoms with Crippen molar-refractivity contribution in [3.63, 3.8) is 0 Å². The van der Waals surface area contributed by atoms with Crippen molar-refractivity contribution in [1.29, 1.82) is 0 Å². The molecular formula is C38H71NO8. The third kappa shape index (κ3) is 21.4. The van der Waals surface area contributed by atoms with Crippen LogP contribution >= 0.6 is 0 Å². The molecule has 7 atom stereocenters. The maximum atomic E-state index is 12.8. The normalized spacial score (nSPS) is 23.1. The number of carbonyl (C=O) groups excluding carboxylic acids is 1. The summed E-state index contributed by atoms with van der Waals surface area (Å²) in [6.07, 6.45) is 25.1. The van der Waals surface area contributed by atoms with Crippen molar-refractivity contribution in [3.8, 4) is 0 Å². The van der Waals surface area contributed by atoms with E-state index in [1.807, 2.05) is 6.08 Å². The summed E-state index contributed by atoms with van der Waals surface area (Å²) in [6.45, 7) is 3.70. The second kappa shape index (κ2) is 29.6. The number of hydrogen-bond donors (Lipinski definition) is 6. The van der Waals surface area contributed by atoms with Crippen molar-refractivity contribution in [2.75, 3.05) is 13.2 Å². The van der Waals surface area contributed by atoms with E-state index < -0.39 is 49.5 Å². The molecule has 7 unspecified atom stereocenters. The lowest BCUT2D eigenvalue weighted by Gasteiger charge is -2.40. The number of unbranched alkanes of at least 4 members (excludes halogenated alkanes) is 18. The maximum absolute atomic E-state index is 12.8. The molecule has 0 spiro atoms. The zero-order valence-electron chi connectivity index (χ0n) is 29.8. The Morgan fingerprint density at radius 2 is 1.19 bits per heavy atom. The van der Waals surface area contributed by atoms with E-state index in [1.54, 1.807) is 6.08 Å². The number of nitrogens with one attached hydrogen (secondary N) is 1. The van der Waals surface area contributed by atoms with Crippen molar-refractivity contribution >= 4 is 5.91 Å². The lowest BCUT2D eigenvalue weighted by atomic mass is 9.99. The van der Waals surface area contributed by atoms with Crippen LogP contribution in [-0.2, 0) is 14.3 Å². The van der Waals surface area contributed by atoms with E-state index in [2.05, 4.69) is 31.3 Å². The van der Waals surface area contributed by atoms with E-state index >= 15 is 0 Å². The Balaban J connectivity index is 2.44. The molecule has 1 aliphatic heterocycles. The van der Waals surface area contributed by atoms with Crippen molar-refractivity contribution in [1.82, 2.24) is 5.32 Å². The van der Waals surface area contributed by atoms with Crippen LogP contribution in [0.3, 0.4) is 0 Å².